The average Bonchev–Trinajstić information content (AvgIpc) is 3.13. The fourth-order valence-electron chi connectivity index (χ4n) is 2.59. The molecule has 4 rings (SSSR count). The van der Waals surface area contributed by atoms with Crippen LogP contribution < -0.4 is 10.1 Å². The number of benzene rings is 2. The Labute approximate surface area is 149 Å². The maximum absolute atomic E-state index is 12.4. The summed E-state index contributed by atoms with van der Waals surface area (Å²) in [5, 5.41) is 11.1. The van der Waals surface area contributed by atoms with Gasteiger partial charge in [-0.2, -0.15) is 0 Å². The number of carbonyl (C=O) groups is 1. The average molecular weight is 345 g/mol. The molecule has 0 bridgehead atoms. The second-order valence-electron chi connectivity index (χ2n) is 5.57. The van der Waals surface area contributed by atoms with E-state index >= 15 is 0 Å². The molecule has 26 heavy (non-hydrogen) atoms. The number of amides is 1. The number of aromatic nitrogens is 4. The maximum Gasteiger partial charge on any atom is 0.255 e. The van der Waals surface area contributed by atoms with E-state index in [9.17, 15) is 4.79 Å². The van der Waals surface area contributed by atoms with Gasteiger partial charge in [0.05, 0.1) is 7.11 Å². The van der Waals surface area contributed by atoms with Gasteiger partial charge in [0, 0.05) is 29.2 Å². The first-order valence-corrected chi connectivity index (χ1v) is 7.96. The van der Waals surface area contributed by atoms with E-state index in [0.717, 1.165) is 11.3 Å². The first-order valence-electron chi connectivity index (χ1n) is 7.96. The molecule has 0 unspecified atom stereocenters. The SMILES string of the molecule is COc1ccc(NC(=O)c2ccc(-c3nnc4ncccn34)cc2)cc1. The second kappa shape index (κ2) is 6.64. The Balaban J connectivity index is 1.54. The van der Waals surface area contributed by atoms with Crippen molar-refractivity contribution in [2.75, 3.05) is 12.4 Å². The minimum Gasteiger partial charge on any atom is -0.497 e. The third-order valence-electron chi connectivity index (χ3n) is 3.94. The minimum atomic E-state index is -0.186. The first kappa shape index (κ1) is 15.8. The van der Waals surface area contributed by atoms with E-state index in [2.05, 4.69) is 20.5 Å². The van der Waals surface area contributed by atoms with Crippen LogP contribution in [0.4, 0.5) is 5.69 Å². The number of carbonyl (C=O) groups excluding carboxylic acids is 1. The van der Waals surface area contributed by atoms with Gasteiger partial charge in [-0.15, -0.1) is 10.2 Å². The van der Waals surface area contributed by atoms with Crippen molar-refractivity contribution in [2.45, 2.75) is 0 Å². The molecule has 0 fully saturated rings. The Hall–Kier alpha value is -3.74. The molecule has 0 aliphatic rings. The summed E-state index contributed by atoms with van der Waals surface area (Å²) in [5.74, 6) is 1.76. The van der Waals surface area contributed by atoms with E-state index in [0.29, 0.717) is 22.9 Å². The first-order chi connectivity index (χ1) is 12.7. The van der Waals surface area contributed by atoms with Crippen molar-refractivity contribution in [3.8, 4) is 17.1 Å². The fraction of sp³-hybridized carbons (Fsp3) is 0.0526. The topological polar surface area (TPSA) is 81.4 Å². The van der Waals surface area contributed by atoms with Crippen molar-refractivity contribution in [1.29, 1.82) is 0 Å². The molecule has 0 aliphatic carbocycles. The molecule has 0 aliphatic heterocycles. The molecule has 0 atom stereocenters. The van der Waals surface area contributed by atoms with Crippen LogP contribution in [-0.2, 0) is 0 Å². The van der Waals surface area contributed by atoms with Crippen LogP contribution in [0.1, 0.15) is 10.4 Å². The van der Waals surface area contributed by atoms with Gasteiger partial charge < -0.3 is 10.1 Å². The van der Waals surface area contributed by atoms with E-state index in [1.165, 1.54) is 0 Å². The number of nitrogens with zero attached hydrogens (tertiary/aromatic N) is 4. The Morgan fingerprint density at radius 1 is 1.04 bits per heavy atom. The quantitative estimate of drug-likeness (QED) is 0.615. The minimum absolute atomic E-state index is 0.186. The summed E-state index contributed by atoms with van der Waals surface area (Å²) in [6.45, 7) is 0. The lowest BCUT2D eigenvalue weighted by Gasteiger charge is -2.07. The van der Waals surface area contributed by atoms with Gasteiger partial charge >= 0.3 is 0 Å². The van der Waals surface area contributed by atoms with Gasteiger partial charge in [0.2, 0.25) is 0 Å². The number of nitrogens with one attached hydrogen (secondary N) is 1. The molecule has 2 aromatic carbocycles. The summed E-state index contributed by atoms with van der Waals surface area (Å²) in [7, 11) is 1.60. The zero-order valence-electron chi connectivity index (χ0n) is 14.0. The van der Waals surface area contributed by atoms with E-state index in [1.807, 2.05) is 24.4 Å². The van der Waals surface area contributed by atoms with Crippen LogP contribution >= 0.6 is 0 Å². The van der Waals surface area contributed by atoms with Crippen molar-refractivity contribution in [2.24, 2.45) is 0 Å². The van der Waals surface area contributed by atoms with Crippen molar-refractivity contribution in [3.05, 3.63) is 72.6 Å². The molecule has 0 radical (unpaired) electrons. The Morgan fingerprint density at radius 2 is 1.81 bits per heavy atom. The van der Waals surface area contributed by atoms with E-state index in [1.54, 1.807) is 54.1 Å². The lowest BCUT2D eigenvalue weighted by atomic mass is 10.1. The van der Waals surface area contributed by atoms with Crippen LogP contribution in [0.3, 0.4) is 0 Å². The highest BCUT2D eigenvalue weighted by Crippen LogP contribution is 2.19. The fourth-order valence-corrected chi connectivity index (χ4v) is 2.59. The molecule has 7 nitrogen and oxygen atoms in total. The van der Waals surface area contributed by atoms with Crippen molar-refractivity contribution in [3.63, 3.8) is 0 Å². The second-order valence-corrected chi connectivity index (χ2v) is 5.57. The molecule has 1 amide bonds. The lowest BCUT2D eigenvalue weighted by Crippen LogP contribution is -2.11. The van der Waals surface area contributed by atoms with Crippen LogP contribution in [0.15, 0.2) is 67.0 Å². The molecule has 128 valence electrons. The van der Waals surface area contributed by atoms with Crippen LogP contribution in [0.2, 0.25) is 0 Å². The van der Waals surface area contributed by atoms with Crippen LogP contribution in [0.5, 0.6) is 5.75 Å². The van der Waals surface area contributed by atoms with Crippen molar-refractivity contribution in [1.82, 2.24) is 19.6 Å². The third kappa shape index (κ3) is 2.98. The number of anilines is 1. The number of fused-ring (bicyclic) bond motifs is 1. The highest BCUT2D eigenvalue weighted by atomic mass is 16.5. The van der Waals surface area contributed by atoms with Crippen molar-refractivity contribution < 1.29 is 9.53 Å². The summed E-state index contributed by atoms with van der Waals surface area (Å²) in [4.78, 5) is 16.5. The predicted molar refractivity (Wildman–Crippen MR) is 97.2 cm³/mol. The van der Waals surface area contributed by atoms with Gasteiger partial charge in [-0.1, -0.05) is 12.1 Å². The molecular weight excluding hydrogens is 330 g/mol. The maximum atomic E-state index is 12.4. The molecule has 0 saturated heterocycles. The van der Waals surface area contributed by atoms with Gasteiger partial charge in [-0.25, -0.2) is 4.98 Å². The molecule has 1 N–H and O–H groups in total. The standard InChI is InChI=1S/C19H15N5O2/c1-26-16-9-7-15(8-10-16)21-18(25)14-5-3-13(4-6-14)17-22-23-19-20-11-2-12-24(17)19/h2-12H,1H3,(H,21,25). The molecule has 0 spiro atoms. The van der Waals surface area contributed by atoms with Crippen LogP contribution in [0, 0.1) is 0 Å². The van der Waals surface area contributed by atoms with E-state index < -0.39 is 0 Å². The molecule has 2 aromatic heterocycles. The Kier molecular flexibility index (Phi) is 4.03. The van der Waals surface area contributed by atoms with Crippen LogP contribution in [-0.4, -0.2) is 32.6 Å². The number of hydrogen-bond acceptors (Lipinski definition) is 5. The molecule has 7 heteroatoms. The zero-order chi connectivity index (χ0) is 17.9. The summed E-state index contributed by atoms with van der Waals surface area (Å²) in [6, 6.07) is 16.2. The van der Waals surface area contributed by atoms with E-state index in [4.69, 9.17) is 4.74 Å². The predicted octanol–water partition coefficient (Wildman–Crippen LogP) is 3.05. The smallest absolute Gasteiger partial charge is 0.255 e. The zero-order valence-corrected chi connectivity index (χ0v) is 14.0. The van der Waals surface area contributed by atoms with Gasteiger partial charge in [-0.3, -0.25) is 9.20 Å². The summed E-state index contributed by atoms with van der Waals surface area (Å²) < 4.78 is 6.91. The summed E-state index contributed by atoms with van der Waals surface area (Å²) >= 11 is 0. The monoisotopic (exact) mass is 345 g/mol. The third-order valence-corrected chi connectivity index (χ3v) is 3.94. The van der Waals surface area contributed by atoms with Gasteiger partial charge in [-0.05, 0) is 42.5 Å². The lowest BCUT2D eigenvalue weighted by molar-refractivity contribution is 0.102. The Morgan fingerprint density at radius 3 is 2.54 bits per heavy atom. The number of hydrogen-bond donors (Lipinski definition) is 1. The van der Waals surface area contributed by atoms with Crippen LogP contribution in [0.25, 0.3) is 17.2 Å². The number of methoxy groups -OCH3 is 1. The van der Waals surface area contributed by atoms with Crippen molar-refractivity contribution >= 4 is 17.4 Å². The normalized spacial score (nSPS) is 10.7. The molecular formula is C19H15N5O2. The molecule has 2 heterocycles. The number of ether oxygens (including phenoxy) is 1. The molecule has 4 aromatic rings. The van der Waals surface area contributed by atoms with Gasteiger partial charge in [0.15, 0.2) is 5.82 Å². The summed E-state index contributed by atoms with van der Waals surface area (Å²) in [5.41, 5.74) is 2.11. The van der Waals surface area contributed by atoms with E-state index in [-0.39, 0.29) is 5.91 Å². The number of rotatable bonds is 4. The highest BCUT2D eigenvalue weighted by Gasteiger charge is 2.10. The Bertz CT molecular complexity index is 1060. The van der Waals surface area contributed by atoms with Gasteiger partial charge in [0.1, 0.15) is 5.75 Å². The molecule has 0 saturated carbocycles. The van der Waals surface area contributed by atoms with Gasteiger partial charge in [0.25, 0.3) is 11.7 Å². The highest BCUT2D eigenvalue weighted by molar-refractivity contribution is 6.04. The summed E-state index contributed by atoms with van der Waals surface area (Å²) in [6.07, 6.45) is 3.52. The largest absolute Gasteiger partial charge is 0.497 e.